The average Bonchev–Trinajstić information content (AvgIpc) is 2.82. The molecule has 0 radical (unpaired) electrons. The van der Waals surface area contributed by atoms with E-state index in [0.717, 1.165) is 0 Å². The van der Waals surface area contributed by atoms with Crippen LogP contribution in [0.2, 0.25) is 0 Å². The molecule has 0 spiro atoms. The molecule has 0 aliphatic carbocycles. The molecule has 0 aliphatic rings. The van der Waals surface area contributed by atoms with E-state index in [1.807, 2.05) is 0 Å². The first-order valence-electron chi connectivity index (χ1n) is 11.3. The van der Waals surface area contributed by atoms with E-state index in [2.05, 4.69) is 97.9 Å². The molecule has 0 fully saturated rings. The van der Waals surface area contributed by atoms with Crippen molar-refractivity contribution in [1.29, 1.82) is 0 Å². The quantitative estimate of drug-likeness (QED) is 0.125. The molecule has 32 heavy (non-hydrogen) atoms. The summed E-state index contributed by atoms with van der Waals surface area (Å²) in [6, 6.07) is 33.8. The summed E-state index contributed by atoms with van der Waals surface area (Å²) in [5.41, 5.74) is 0. The summed E-state index contributed by atoms with van der Waals surface area (Å²) in [4.78, 5) is 0. The Kier molecular flexibility index (Phi) is 14.0. The Morgan fingerprint density at radius 1 is 0.531 bits per heavy atom. The van der Waals surface area contributed by atoms with Gasteiger partial charge >= 0.3 is 41.5 Å². The van der Waals surface area contributed by atoms with E-state index in [0.29, 0.717) is 0 Å². The van der Waals surface area contributed by atoms with Crippen LogP contribution in [0, 0.1) is 0 Å². The van der Waals surface area contributed by atoms with Gasteiger partial charge in [-0.15, -0.1) is 0 Å². The first-order valence-corrected chi connectivity index (χ1v) is 17.1. The molecule has 0 amide bonds. The van der Waals surface area contributed by atoms with E-state index in [9.17, 15) is 0 Å². The van der Waals surface area contributed by atoms with Crippen molar-refractivity contribution >= 4 is 53.5 Å². The maximum atomic E-state index is 4.83. The third kappa shape index (κ3) is 9.02. The molecular weight excluding hydrogens is 525 g/mol. The van der Waals surface area contributed by atoms with Crippen LogP contribution in [0.3, 0.4) is 0 Å². The molecule has 5 heteroatoms. The van der Waals surface area contributed by atoms with Gasteiger partial charge in [0.15, 0.2) is 0 Å². The molecule has 3 aromatic carbocycles. The Bertz CT molecular complexity index is 745. The zero-order chi connectivity index (χ0) is 23.1. The average molecular weight is 559 g/mol. The normalized spacial score (nSPS) is 11.4. The minimum atomic E-state index is -1.61. The van der Waals surface area contributed by atoms with Gasteiger partial charge in [0, 0.05) is 0 Å². The van der Waals surface area contributed by atoms with Crippen LogP contribution >= 0.6 is 37.6 Å². The number of hydrogen-bond acceptors (Lipinski definition) is 0. The fourth-order valence-electron chi connectivity index (χ4n) is 4.19. The van der Waals surface area contributed by atoms with Gasteiger partial charge < -0.3 is 0 Å². The predicted molar refractivity (Wildman–Crippen MR) is 146 cm³/mol. The summed E-state index contributed by atoms with van der Waals surface area (Å²) in [5, 5.41) is 4.54. The number of halogens is 3. The van der Waals surface area contributed by atoms with Gasteiger partial charge in [0.05, 0.1) is 6.16 Å². The van der Waals surface area contributed by atoms with Crippen molar-refractivity contribution in [2.45, 2.75) is 51.9 Å². The van der Waals surface area contributed by atoms with Crippen LogP contribution in [-0.2, 0) is 11.2 Å². The molecule has 0 aromatic heterocycles. The van der Waals surface area contributed by atoms with E-state index >= 15 is 0 Å². The first kappa shape index (κ1) is 27.7. The Morgan fingerprint density at radius 2 is 0.844 bits per heavy atom. The molecule has 0 atom stereocenters. The van der Waals surface area contributed by atoms with Crippen LogP contribution in [-0.4, -0.2) is 6.16 Å². The molecule has 3 aromatic rings. The molecule has 0 unspecified atom stereocenters. The maximum absolute atomic E-state index is 4.83. The molecule has 3 rings (SSSR count). The Hall–Kier alpha value is -0.521. The Labute approximate surface area is 212 Å². The van der Waals surface area contributed by atoms with Crippen molar-refractivity contribution in [3.63, 3.8) is 0 Å². The van der Waals surface area contributed by atoms with E-state index in [1.54, 1.807) is 0 Å². The number of hydrogen-bond donors (Lipinski definition) is 0. The number of rotatable bonds is 11. The van der Waals surface area contributed by atoms with Crippen LogP contribution in [0.15, 0.2) is 91.0 Å². The fraction of sp³-hybridized carbons (Fsp3) is 0.333. The molecular formula is C27H34Cl3CuP. The molecule has 179 valence electrons. The third-order valence-electron chi connectivity index (χ3n) is 5.69. The summed E-state index contributed by atoms with van der Waals surface area (Å²) < 4.78 is 0. The molecule has 0 nitrogen and oxygen atoms in total. The van der Waals surface area contributed by atoms with Gasteiger partial charge in [-0.1, -0.05) is 93.6 Å². The summed E-state index contributed by atoms with van der Waals surface area (Å²) in [5.74, 6) is 0. The van der Waals surface area contributed by atoms with Gasteiger partial charge in [-0.2, -0.15) is 0 Å². The molecule has 0 N–H and O–H groups in total. The number of unbranched alkanes of at least 4 members (excludes halogenated alkanes) is 6. The Balaban J connectivity index is 0.000000837. The van der Waals surface area contributed by atoms with Gasteiger partial charge in [0.1, 0.15) is 23.2 Å². The summed E-state index contributed by atoms with van der Waals surface area (Å²) in [6.45, 7) is 2.29. The fourth-order valence-corrected chi connectivity index (χ4v) is 8.60. The van der Waals surface area contributed by atoms with E-state index in [4.69, 9.17) is 30.3 Å². The zero-order valence-electron chi connectivity index (χ0n) is 18.7. The van der Waals surface area contributed by atoms with Crippen molar-refractivity contribution in [3.05, 3.63) is 91.0 Å². The molecule has 0 saturated carbocycles. The van der Waals surface area contributed by atoms with Gasteiger partial charge in [0.25, 0.3) is 0 Å². The standard InChI is InChI=1S/C27H34P.3ClH.Cu/c1-2-3-4-5-6-7-17-24-28(25-18-11-8-12-19-25,26-20-13-9-14-21-26)27-22-15-10-16-23-27;;;;/h8-16,18-23H,2-7,17,24H2,1H3;3*1H;/q+1;;;;+2/p-3. The molecule has 0 saturated heterocycles. The van der Waals surface area contributed by atoms with Crippen LogP contribution in [0.5, 0.6) is 0 Å². The monoisotopic (exact) mass is 557 g/mol. The third-order valence-corrected chi connectivity index (χ3v) is 10.2. The first-order chi connectivity index (χ1) is 15.6. The van der Waals surface area contributed by atoms with Crippen LogP contribution in [0.1, 0.15) is 51.9 Å². The van der Waals surface area contributed by atoms with Crippen molar-refractivity contribution in [2.75, 3.05) is 6.16 Å². The number of benzene rings is 3. The van der Waals surface area contributed by atoms with Crippen molar-refractivity contribution in [2.24, 2.45) is 0 Å². The summed E-state index contributed by atoms with van der Waals surface area (Å²) >= 11 is -0.896. The molecule has 0 heterocycles. The van der Waals surface area contributed by atoms with Crippen LogP contribution < -0.4 is 15.9 Å². The van der Waals surface area contributed by atoms with Gasteiger partial charge in [0.2, 0.25) is 0 Å². The summed E-state index contributed by atoms with van der Waals surface area (Å²) in [7, 11) is 12.9. The second kappa shape index (κ2) is 16.2. The summed E-state index contributed by atoms with van der Waals surface area (Å²) in [6.07, 6.45) is 10.8. The second-order valence-corrected chi connectivity index (χ2v) is 16.1. The van der Waals surface area contributed by atoms with Crippen molar-refractivity contribution < 1.29 is 11.2 Å². The second-order valence-electron chi connectivity index (χ2n) is 7.79. The van der Waals surface area contributed by atoms with Crippen LogP contribution in [0.4, 0.5) is 0 Å². The zero-order valence-corrected chi connectivity index (χ0v) is 22.8. The molecule has 0 aliphatic heterocycles. The van der Waals surface area contributed by atoms with E-state index < -0.39 is 18.4 Å². The van der Waals surface area contributed by atoms with Crippen LogP contribution in [0.25, 0.3) is 0 Å². The van der Waals surface area contributed by atoms with Gasteiger partial charge in [-0.3, -0.25) is 0 Å². The van der Waals surface area contributed by atoms with Gasteiger partial charge in [-0.05, 0) is 49.2 Å². The SMILES string of the molecule is CCCCCCCCC[P+](c1ccccc1)(c1ccccc1)c1ccccc1.[Cl][Cu-]([Cl])[Cl]. The predicted octanol–water partition coefficient (Wildman–Crippen LogP) is 8.80. The van der Waals surface area contributed by atoms with E-state index in [-0.39, 0.29) is 0 Å². The minimum absolute atomic E-state index is 0.896. The van der Waals surface area contributed by atoms with Crippen molar-refractivity contribution in [1.82, 2.24) is 0 Å². The Morgan fingerprint density at radius 3 is 1.19 bits per heavy atom. The molecule has 0 bridgehead atoms. The van der Waals surface area contributed by atoms with E-state index in [1.165, 1.54) is 67.0 Å². The van der Waals surface area contributed by atoms with Crippen molar-refractivity contribution in [3.8, 4) is 0 Å². The topological polar surface area (TPSA) is 0 Å². The van der Waals surface area contributed by atoms with Gasteiger partial charge in [-0.25, -0.2) is 0 Å².